The second kappa shape index (κ2) is 5.55. The van der Waals surface area contributed by atoms with Crippen molar-refractivity contribution in [2.75, 3.05) is 5.32 Å². The molecule has 3 nitrogen and oxygen atoms in total. The summed E-state index contributed by atoms with van der Waals surface area (Å²) in [6.07, 6.45) is -4.41. The third-order valence-corrected chi connectivity index (χ3v) is 3.12. The zero-order valence-corrected chi connectivity index (χ0v) is 11.2. The summed E-state index contributed by atoms with van der Waals surface area (Å²) in [4.78, 5) is 0. The summed E-state index contributed by atoms with van der Waals surface area (Å²) in [5.41, 5.74) is 0.126. The smallest absolute Gasteiger partial charge is 0.416 e. The van der Waals surface area contributed by atoms with Gasteiger partial charge in [-0.05, 0) is 30.7 Å². The molecule has 0 radical (unpaired) electrons. The van der Waals surface area contributed by atoms with Gasteiger partial charge in [0.2, 0.25) is 0 Å². The van der Waals surface area contributed by atoms with E-state index in [1.807, 2.05) is 0 Å². The highest BCUT2D eigenvalue weighted by Crippen LogP contribution is 2.34. The lowest BCUT2D eigenvalue weighted by Gasteiger charge is -2.14. The fourth-order valence-corrected chi connectivity index (χ4v) is 1.96. The van der Waals surface area contributed by atoms with Crippen LogP contribution in [-0.4, -0.2) is 10.2 Å². The molecule has 0 unspecified atom stereocenters. The summed E-state index contributed by atoms with van der Waals surface area (Å²) in [5, 5.41) is 21.8. The minimum Gasteiger partial charge on any atom is -0.504 e. The molecular formula is C15H14F3NO2. The lowest BCUT2D eigenvalue weighted by atomic mass is 10.1. The van der Waals surface area contributed by atoms with E-state index < -0.39 is 11.7 Å². The van der Waals surface area contributed by atoms with Crippen molar-refractivity contribution in [2.45, 2.75) is 19.6 Å². The molecule has 0 aliphatic rings. The van der Waals surface area contributed by atoms with Crippen molar-refractivity contribution in [2.24, 2.45) is 0 Å². The van der Waals surface area contributed by atoms with Gasteiger partial charge >= 0.3 is 6.18 Å². The summed E-state index contributed by atoms with van der Waals surface area (Å²) in [6, 6.07) is 8.38. The van der Waals surface area contributed by atoms with Crippen molar-refractivity contribution < 1.29 is 23.4 Å². The van der Waals surface area contributed by atoms with E-state index in [9.17, 15) is 23.4 Å². The van der Waals surface area contributed by atoms with Gasteiger partial charge in [-0.2, -0.15) is 13.2 Å². The van der Waals surface area contributed by atoms with Crippen LogP contribution in [0.2, 0.25) is 0 Å². The molecule has 2 aromatic rings. The quantitative estimate of drug-likeness (QED) is 0.749. The van der Waals surface area contributed by atoms with E-state index in [-0.39, 0.29) is 29.3 Å². The Balaban J connectivity index is 2.19. The first kappa shape index (κ1) is 15.0. The highest BCUT2D eigenvalue weighted by Gasteiger charge is 2.32. The molecule has 0 heterocycles. The van der Waals surface area contributed by atoms with Gasteiger partial charge in [0.25, 0.3) is 0 Å². The van der Waals surface area contributed by atoms with Crippen LogP contribution in [0, 0.1) is 6.92 Å². The number of nitrogens with one attached hydrogen (secondary N) is 1. The van der Waals surface area contributed by atoms with Gasteiger partial charge in [-0.15, -0.1) is 0 Å². The summed E-state index contributed by atoms with van der Waals surface area (Å²) >= 11 is 0. The van der Waals surface area contributed by atoms with Gasteiger partial charge in [0.15, 0.2) is 11.5 Å². The fourth-order valence-electron chi connectivity index (χ4n) is 1.96. The maximum atomic E-state index is 12.8. The molecule has 0 fully saturated rings. The van der Waals surface area contributed by atoms with Crippen LogP contribution in [0.5, 0.6) is 11.5 Å². The number of hydrogen-bond donors (Lipinski definition) is 3. The number of benzene rings is 2. The average Bonchev–Trinajstić information content (AvgIpc) is 2.40. The SMILES string of the molecule is Cc1ccc(NCc2cccc(O)c2O)cc1C(F)(F)F. The van der Waals surface area contributed by atoms with Gasteiger partial charge in [0, 0.05) is 17.8 Å². The van der Waals surface area contributed by atoms with Crippen LogP contribution >= 0.6 is 0 Å². The van der Waals surface area contributed by atoms with E-state index in [1.54, 1.807) is 12.1 Å². The van der Waals surface area contributed by atoms with Crippen LogP contribution in [0.25, 0.3) is 0 Å². The molecule has 0 aliphatic carbocycles. The molecular weight excluding hydrogens is 283 g/mol. The molecule has 0 saturated heterocycles. The molecule has 21 heavy (non-hydrogen) atoms. The molecule has 2 rings (SSSR count). The molecule has 112 valence electrons. The molecule has 0 saturated carbocycles. The largest absolute Gasteiger partial charge is 0.504 e. The van der Waals surface area contributed by atoms with Crippen LogP contribution in [-0.2, 0) is 12.7 Å². The van der Waals surface area contributed by atoms with Gasteiger partial charge in [0.05, 0.1) is 5.56 Å². The summed E-state index contributed by atoms with van der Waals surface area (Å²) in [6.45, 7) is 1.49. The van der Waals surface area contributed by atoms with Crippen LogP contribution < -0.4 is 5.32 Å². The van der Waals surface area contributed by atoms with Crippen molar-refractivity contribution >= 4 is 5.69 Å². The Hall–Kier alpha value is -2.37. The van der Waals surface area contributed by atoms with Gasteiger partial charge in [-0.1, -0.05) is 18.2 Å². The number of anilines is 1. The minimum absolute atomic E-state index is 0.0978. The number of para-hydroxylation sites is 1. The number of aryl methyl sites for hydroxylation is 1. The highest BCUT2D eigenvalue weighted by atomic mass is 19.4. The van der Waals surface area contributed by atoms with E-state index in [2.05, 4.69) is 5.32 Å². The second-order valence-corrected chi connectivity index (χ2v) is 4.67. The van der Waals surface area contributed by atoms with Crippen LogP contribution in [0.1, 0.15) is 16.7 Å². The molecule has 6 heteroatoms. The maximum absolute atomic E-state index is 12.8. The lowest BCUT2D eigenvalue weighted by Crippen LogP contribution is -2.09. The Kier molecular flexibility index (Phi) is 3.97. The van der Waals surface area contributed by atoms with E-state index >= 15 is 0 Å². The van der Waals surface area contributed by atoms with Gasteiger partial charge in [-0.25, -0.2) is 0 Å². The fraction of sp³-hybridized carbons (Fsp3) is 0.200. The Morgan fingerprint density at radius 1 is 1.10 bits per heavy atom. The Labute approximate surface area is 119 Å². The van der Waals surface area contributed by atoms with E-state index in [1.165, 1.54) is 25.1 Å². The Morgan fingerprint density at radius 2 is 1.81 bits per heavy atom. The topological polar surface area (TPSA) is 52.5 Å². The number of phenolic OH excluding ortho intramolecular Hbond substituents is 2. The van der Waals surface area contributed by atoms with Crippen molar-refractivity contribution in [3.63, 3.8) is 0 Å². The number of phenols is 2. The lowest BCUT2D eigenvalue weighted by molar-refractivity contribution is -0.138. The molecule has 0 atom stereocenters. The summed E-state index contributed by atoms with van der Waals surface area (Å²) in [7, 11) is 0. The molecule has 0 amide bonds. The molecule has 0 bridgehead atoms. The van der Waals surface area contributed by atoms with Crippen molar-refractivity contribution in [3.05, 3.63) is 53.1 Å². The normalized spacial score (nSPS) is 11.4. The Morgan fingerprint density at radius 3 is 2.48 bits per heavy atom. The zero-order valence-electron chi connectivity index (χ0n) is 11.2. The first-order valence-corrected chi connectivity index (χ1v) is 6.20. The number of hydrogen-bond acceptors (Lipinski definition) is 3. The number of halogens is 3. The van der Waals surface area contributed by atoms with Crippen molar-refractivity contribution in [3.8, 4) is 11.5 Å². The van der Waals surface area contributed by atoms with Crippen LogP contribution in [0.15, 0.2) is 36.4 Å². The molecule has 2 aromatic carbocycles. The molecule has 0 spiro atoms. The minimum atomic E-state index is -4.41. The first-order valence-electron chi connectivity index (χ1n) is 6.20. The van der Waals surface area contributed by atoms with Crippen LogP contribution in [0.4, 0.5) is 18.9 Å². The van der Waals surface area contributed by atoms with Gasteiger partial charge in [0.1, 0.15) is 0 Å². The average molecular weight is 297 g/mol. The predicted octanol–water partition coefficient (Wildman–Crippen LogP) is 4.04. The van der Waals surface area contributed by atoms with E-state index in [0.29, 0.717) is 5.56 Å². The van der Waals surface area contributed by atoms with Crippen molar-refractivity contribution in [1.82, 2.24) is 0 Å². The van der Waals surface area contributed by atoms with Gasteiger partial charge in [-0.3, -0.25) is 0 Å². The van der Waals surface area contributed by atoms with Gasteiger partial charge < -0.3 is 15.5 Å². The predicted molar refractivity (Wildman–Crippen MR) is 73.3 cm³/mol. The second-order valence-electron chi connectivity index (χ2n) is 4.67. The third-order valence-electron chi connectivity index (χ3n) is 3.12. The maximum Gasteiger partial charge on any atom is 0.416 e. The zero-order chi connectivity index (χ0) is 15.6. The number of aromatic hydroxyl groups is 2. The van der Waals surface area contributed by atoms with E-state index in [0.717, 1.165) is 6.07 Å². The Bertz CT molecular complexity index is 654. The molecule has 0 aliphatic heterocycles. The third kappa shape index (κ3) is 3.39. The summed E-state index contributed by atoms with van der Waals surface area (Å²) < 4.78 is 38.4. The standard InChI is InChI=1S/C15H14F3NO2/c1-9-5-6-11(7-12(9)15(16,17)18)19-8-10-3-2-4-13(20)14(10)21/h2-7,19-21H,8H2,1H3. The highest BCUT2D eigenvalue weighted by molar-refractivity contribution is 5.51. The summed E-state index contributed by atoms with van der Waals surface area (Å²) in [5.74, 6) is -0.553. The number of rotatable bonds is 3. The molecule has 0 aromatic heterocycles. The van der Waals surface area contributed by atoms with E-state index in [4.69, 9.17) is 0 Å². The monoisotopic (exact) mass is 297 g/mol. The number of alkyl halides is 3. The first-order chi connectivity index (χ1) is 9.79. The molecule has 3 N–H and O–H groups in total. The van der Waals surface area contributed by atoms with Crippen LogP contribution in [0.3, 0.4) is 0 Å². The van der Waals surface area contributed by atoms with Crippen molar-refractivity contribution in [1.29, 1.82) is 0 Å².